The third-order valence-electron chi connectivity index (χ3n) is 2.71. The molecule has 0 aliphatic heterocycles. The van der Waals surface area contributed by atoms with E-state index in [1.165, 1.54) is 22.0 Å². The number of para-hydroxylation sites is 1. The molecule has 1 aromatic carbocycles. The van der Waals surface area contributed by atoms with Gasteiger partial charge < -0.3 is 10.1 Å². The van der Waals surface area contributed by atoms with Crippen LogP contribution < -0.4 is 5.69 Å². The Hall–Kier alpha value is -2.34. The van der Waals surface area contributed by atoms with Crippen LogP contribution >= 0.6 is 11.3 Å². The summed E-state index contributed by atoms with van der Waals surface area (Å²) in [6, 6.07) is 6.63. The van der Waals surface area contributed by atoms with E-state index >= 15 is 0 Å². The summed E-state index contributed by atoms with van der Waals surface area (Å²) >= 11 is 1.48. The normalized spacial score (nSPS) is 10.9. The van der Waals surface area contributed by atoms with Gasteiger partial charge in [0.15, 0.2) is 0 Å². The number of hydrogen-bond donors (Lipinski definition) is 2. The number of benzene rings is 1. The van der Waals surface area contributed by atoms with Crippen molar-refractivity contribution < 1.29 is 9.90 Å². The van der Waals surface area contributed by atoms with Crippen molar-refractivity contribution in [2.75, 3.05) is 0 Å². The van der Waals surface area contributed by atoms with Crippen LogP contribution in [-0.2, 0) is 0 Å². The highest BCUT2D eigenvalue weighted by atomic mass is 32.1. The fraction of sp³-hybridized carbons (Fsp3) is 0. The van der Waals surface area contributed by atoms with E-state index in [1.807, 2.05) is 16.8 Å². The van der Waals surface area contributed by atoms with Gasteiger partial charge in [0.2, 0.25) is 0 Å². The van der Waals surface area contributed by atoms with Crippen LogP contribution in [0.3, 0.4) is 0 Å². The van der Waals surface area contributed by atoms with Crippen molar-refractivity contribution in [3.8, 4) is 5.69 Å². The quantitative estimate of drug-likeness (QED) is 0.740. The average Bonchev–Trinajstić information content (AvgIpc) is 2.93. The highest BCUT2D eigenvalue weighted by Gasteiger charge is 2.15. The number of carbonyl (C=O) groups is 1. The summed E-state index contributed by atoms with van der Waals surface area (Å²) in [5.74, 6) is -1.06. The molecule has 0 saturated heterocycles. The lowest BCUT2D eigenvalue weighted by Gasteiger charge is -2.00. The Kier molecular flexibility index (Phi) is 2.31. The lowest BCUT2D eigenvalue weighted by Crippen LogP contribution is -2.13. The first-order valence-corrected chi connectivity index (χ1v) is 6.12. The van der Waals surface area contributed by atoms with Crippen molar-refractivity contribution in [3.05, 3.63) is 51.1 Å². The number of hydrogen-bond acceptors (Lipinski definition) is 3. The molecule has 18 heavy (non-hydrogen) atoms. The van der Waals surface area contributed by atoms with Crippen molar-refractivity contribution in [1.82, 2.24) is 9.55 Å². The van der Waals surface area contributed by atoms with Gasteiger partial charge in [-0.25, -0.2) is 9.59 Å². The number of fused-ring (bicyclic) bond motifs is 1. The van der Waals surface area contributed by atoms with Crippen molar-refractivity contribution in [3.63, 3.8) is 0 Å². The number of aromatic carboxylic acids is 1. The lowest BCUT2D eigenvalue weighted by molar-refractivity contribution is 0.0699. The van der Waals surface area contributed by atoms with Crippen molar-refractivity contribution in [2.24, 2.45) is 0 Å². The van der Waals surface area contributed by atoms with Crippen LogP contribution in [0.5, 0.6) is 0 Å². The summed E-state index contributed by atoms with van der Waals surface area (Å²) in [5, 5.41) is 12.8. The Balaban J connectivity index is 2.42. The molecule has 0 bridgehead atoms. The maximum absolute atomic E-state index is 11.9. The minimum atomic E-state index is -1.06. The number of nitrogens with one attached hydrogen (secondary N) is 1. The second-order valence-electron chi connectivity index (χ2n) is 3.75. The van der Waals surface area contributed by atoms with Gasteiger partial charge in [-0.15, -0.1) is 0 Å². The summed E-state index contributed by atoms with van der Waals surface area (Å²) in [5.41, 5.74) is 1.41. The zero-order valence-electron chi connectivity index (χ0n) is 9.08. The van der Waals surface area contributed by atoms with Gasteiger partial charge in [-0.2, -0.15) is 11.3 Å². The zero-order chi connectivity index (χ0) is 12.7. The predicted octanol–water partition coefficient (Wildman–Crippen LogP) is 2.08. The molecule has 0 aliphatic carbocycles. The van der Waals surface area contributed by atoms with Crippen LogP contribution in [0, 0.1) is 0 Å². The maximum Gasteiger partial charge on any atom is 0.337 e. The molecule has 0 aliphatic rings. The molecule has 90 valence electrons. The van der Waals surface area contributed by atoms with E-state index in [9.17, 15) is 9.59 Å². The number of imidazole rings is 1. The van der Waals surface area contributed by atoms with Gasteiger partial charge in [0.1, 0.15) is 0 Å². The number of aromatic amines is 1. The molecule has 0 spiro atoms. The van der Waals surface area contributed by atoms with Crippen molar-refractivity contribution in [2.45, 2.75) is 0 Å². The second kappa shape index (κ2) is 3.85. The molecular weight excluding hydrogens is 252 g/mol. The summed E-state index contributed by atoms with van der Waals surface area (Å²) in [7, 11) is 0. The van der Waals surface area contributed by atoms with Gasteiger partial charge in [-0.05, 0) is 23.6 Å². The van der Waals surface area contributed by atoms with Crippen LogP contribution in [-0.4, -0.2) is 20.6 Å². The number of carboxylic acid groups (broad SMARTS) is 1. The summed E-state index contributed by atoms with van der Waals surface area (Å²) in [4.78, 5) is 25.6. The summed E-state index contributed by atoms with van der Waals surface area (Å²) in [6.45, 7) is 0. The standard InChI is InChI=1S/C12H8N2O3S/c15-11(16)8-2-1-3-9-10(8)13-12(17)14(9)7-4-5-18-6-7/h1-6H,(H,13,17)(H,15,16). The van der Waals surface area contributed by atoms with E-state index in [0.29, 0.717) is 11.0 Å². The topological polar surface area (TPSA) is 75.1 Å². The molecule has 0 amide bonds. The molecule has 6 heteroatoms. The molecule has 2 aromatic heterocycles. The Morgan fingerprint density at radius 1 is 1.33 bits per heavy atom. The monoisotopic (exact) mass is 260 g/mol. The fourth-order valence-corrected chi connectivity index (χ4v) is 2.57. The van der Waals surface area contributed by atoms with Gasteiger partial charge in [0.05, 0.1) is 22.3 Å². The highest BCUT2D eigenvalue weighted by Crippen LogP contribution is 2.20. The van der Waals surface area contributed by atoms with E-state index in [-0.39, 0.29) is 11.3 Å². The van der Waals surface area contributed by atoms with Crippen LogP contribution in [0.25, 0.3) is 16.7 Å². The van der Waals surface area contributed by atoms with Gasteiger partial charge in [0, 0.05) is 5.38 Å². The number of H-pyrrole nitrogens is 1. The zero-order valence-corrected chi connectivity index (χ0v) is 9.90. The first-order valence-electron chi connectivity index (χ1n) is 5.18. The maximum atomic E-state index is 11.9. The van der Waals surface area contributed by atoms with Crippen LogP contribution in [0.1, 0.15) is 10.4 Å². The molecule has 3 aromatic rings. The third kappa shape index (κ3) is 1.46. The number of aromatic nitrogens is 2. The largest absolute Gasteiger partial charge is 0.478 e. The minimum absolute atomic E-state index is 0.0959. The number of thiophene rings is 1. The average molecular weight is 260 g/mol. The second-order valence-corrected chi connectivity index (χ2v) is 4.53. The Bertz CT molecular complexity index is 783. The first-order chi connectivity index (χ1) is 8.68. The van der Waals surface area contributed by atoms with Crippen LogP contribution in [0.4, 0.5) is 0 Å². The third-order valence-corrected chi connectivity index (χ3v) is 3.38. The molecule has 2 N–H and O–H groups in total. The van der Waals surface area contributed by atoms with Gasteiger partial charge >= 0.3 is 11.7 Å². The van der Waals surface area contributed by atoms with Crippen molar-refractivity contribution in [1.29, 1.82) is 0 Å². The molecule has 0 fully saturated rings. The van der Waals surface area contributed by atoms with Crippen molar-refractivity contribution >= 4 is 28.3 Å². The Labute approximate surface area is 105 Å². The molecule has 0 radical (unpaired) electrons. The molecule has 0 saturated carbocycles. The SMILES string of the molecule is O=C(O)c1cccc2c1[nH]c(=O)n2-c1ccsc1. The number of carboxylic acids is 1. The van der Waals surface area contributed by atoms with Crippen LogP contribution in [0.15, 0.2) is 39.8 Å². The predicted molar refractivity (Wildman–Crippen MR) is 68.7 cm³/mol. The van der Waals surface area contributed by atoms with E-state index < -0.39 is 5.97 Å². The first kappa shape index (κ1) is 10.8. The van der Waals surface area contributed by atoms with Gasteiger partial charge in [-0.3, -0.25) is 4.57 Å². The molecule has 0 atom stereocenters. The molecule has 3 rings (SSSR count). The fourth-order valence-electron chi connectivity index (χ4n) is 1.95. The van der Waals surface area contributed by atoms with Crippen LogP contribution in [0.2, 0.25) is 0 Å². The molecular formula is C12H8N2O3S. The minimum Gasteiger partial charge on any atom is -0.478 e. The van der Waals surface area contributed by atoms with E-state index in [2.05, 4.69) is 4.98 Å². The Morgan fingerprint density at radius 2 is 2.17 bits per heavy atom. The van der Waals surface area contributed by atoms with E-state index in [0.717, 1.165) is 5.69 Å². The summed E-state index contributed by atoms with van der Waals surface area (Å²) < 4.78 is 1.47. The summed E-state index contributed by atoms with van der Waals surface area (Å²) in [6.07, 6.45) is 0. The molecule has 2 heterocycles. The number of nitrogens with zero attached hydrogens (tertiary/aromatic N) is 1. The Morgan fingerprint density at radius 3 is 2.83 bits per heavy atom. The van der Waals surface area contributed by atoms with E-state index in [4.69, 9.17) is 5.11 Å². The van der Waals surface area contributed by atoms with Gasteiger partial charge in [-0.1, -0.05) is 6.07 Å². The lowest BCUT2D eigenvalue weighted by atomic mass is 10.2. The molecule has 5 nitrogen and oxygen atoms in total. The molecule has 0 unspecified atom stereocenters. The smallest absolute Gasteiger partial charge is 0.337 e. The highest BCUT2D eigenvalue weighted by molar-refractivity contribution is 7.08. The van der Waals surface area contributed by atoms with E-state index in [1.54, 1.807) is 12.1 Å². The number of rotatable bonds is 2. The van der Waals surface area contributed by atoms with Gasteiger partial charge in [0.25, 0.3) is 0 Å².